The highest BCUT2D eigenvalue weighted by molar-refractivity contribution is 9.10. The number of aliphatic imine (C=N–C) groups is 1. The van der Waals surface area contributed by atoms with Gasteiger partial charge < -0.3 is 15.0 Å². The fourth-order valence-corrected chi connectivity index (χ4v) is 4.99. The van der Waals surface area contributed by atoms with E-state index in [1.54, 1.807) is 28.1 Å². The fraction of sp³-hybridized carbons (Fsp3) is 0.222. The van der Waals surface area contributed by atoms with E-state index in [2.05, 4.69) is 44.5 Å². The maximum absolute atomic E-state index is 13.7. The summed E-state index contributed by atoms with van der Waals surface area (Å²) in [5.41, 5.74) is 4.17. The van der Waals surface area contributed by atoms with Crippen molar-refractivity contribution in [3.8, 4) is 16.9 Å². The first-order valence-electron chi connectivity index (χ1n) is 11.7. The minimum Gasteiger partial charge on any atom is -0.368 e. The Bertz CT molecular complexity index is 1380. The first-order chi connectivity index (χ1) is 17.5. The van der Waals surface area contributed by atoms with E-state index < -0.39 is 6.23 Å². The molecule has 2 aliphatic heterocycles. The molecule has 0 spiro atoms. The molecule has 3 atom stereocenters. The van der Waals surface area contributed by atoms with Crippen molar-refractivity contribution in [3.05, 3.63) is 94.4 Å². The normalized spacial score (nSPS) is 22.6. The lowest BCUT2D eigenvalue weighted by Crippen LogP contribution is -2.32. The molecule has 1 fully saturated rings. The summed E-state index contributed by atoms with van der Waals surface area (Å²) < 4.78 is 22.4. The van der Waals surface area contributed by atoms with Crippen molar-refractivity contribution in [3.63, 3.8) is 0 Å². The third-order valence-electron chi connectivity index (χ3n) is 6.61. The van der Waals surface area contributed by atoms with Crippen molar-refractivity contribution >= 4 is 28.2 Å². The van der Waals surface area contributed by atoms with Crippen LogP contribution < -0.4 is 5.32 Å². The van der Waals surface area contributed by atoms with Gasteiger partial charge in [0.2, 0.25) is 0 Å². The molecule has 2 aromatic carbocycles. The number of hydrogen-bond acceptors (Lipinski definition) is 5. The Kier molecular flexibility index (Phi) is 6.02. The second-order valence-electron chi connectivity index (χ2n) is 8.92. The van der Waals surface area contributed by atoms with Crippen molar-refractivity contribution in [2.24, 2.45) is 4.99 Å². The number of ether oxygens (including phenoxy) is 1. The Morgan fingerprint density at radius 2 is 1.94 bits per heavy atom. The molecule has 3 heterocycles. The van der Waals surface area contributed by atoms with E-state index in [9.17, 15) is 9.18 Å². The predicted octanol–water partition coefficient (Wildman–Crippen LogP) is 4.55. The van der Waals surface area contributed by atoms with Crippen LogP contribution in [-0.4, -0.2) is 52.2 Å². The Hall–Kier alpha value is -3.56. The quantitative estimate of drug-likeness (QED) is 0.491. The number of rotatable bonds is 6. The van der Waals surface area contributed by atoms with Gasteiger partial charge in [-0.15, -0.1) is 0 Å². The van der Waals surface area contributed by atoms with E-state index in [1.807, 2.05) is 30.5 Å². The number of fused-ring (bicyclic) bond motifs is 1. The van der Waals surface area contributed by atoms with Crippen LogP contribution in [0.4, 0.5) is 4.39 Å². The smallest absolute Gasteiger partial charge is 0.250 e. The van der Waals surface area contributed by atoms with Crippen LogP contribution in [0.3, 0.4) is 0 Å². The first-order valence-corrected chi connectivity index (χ1v) is 12.5. The summed E-state index contributed by atoms with van der Waals surface area (Å²) in [5.74, 6) is -0.387. The van der Waals surface area contributed by atoms with Crippen molar-refractivity contribution in [2.45, 2.75) is 24.7 Å². The topological polar surface area (TPSA) is 71.8 Å². The molecule has 36 heavy (non-hydrogen) atoms. The molecule has 3 aliphatic rings. The average molecular weight is 548 g/mol. The van der Waals surface area contributed by atoms with Crippen LogP contribution in [0.15, 0.2) is 88.0 Å². The molecule has 1 N–H and O–H groups in total. The molecule has 1 aromatic heterocycles. The highest BCUT2D eigenvalue weighted by Crippen LogP contribution is 2.36. The van der Waals surface area contributed by atoms with Gasteiger partial charge in [-0.1, -0.05) is 34.2 Å². The third kappa shape index (κ3) is 4.40. The number of benzene rings is 2. The van der Waals surface area contributed by atoms with Crippen LogP contribution in [0, 0.1) is 5.82 Å². The average Bonchev–Trinajstić information content (AvgIpc) is 3.62. The van der Waals surface area contributed by atoms with E-state index in [4.69, 9.17) is 9.84 Å². The van der Waals surface area contributed by atoms with Crippen LogP contribution in [-0.2, 0) is 9.53 Å². The zero-order valence-electron chi connectivity index (χ0n) is 19.2. The molecule has 0 saturated carbocycles. The summed E-state index contributed by atoms with van der Waals surface area (Å²) in [4.78, 5) is 19.0. The van der Waals surface area contributed by atoms with Gasteiger partial charge in [-0.25, -0.2) is 9.07 Å². The van der Waals surface area contributed by atoms with Crippen molar-refractivity contribution in [1.82, 2.24) is 20.0 Å². The van der Waals surface area contributed by atoms with Crippen molar-refractivity contribution < 1.29 is 13.9 Å². The molecule has 1 saturated heterocycles. The highest BCUT2D eigenvalue weighted by Gasteiger charge is 2.36. The molecule has 6 rings (SSSR count). The minimum absolute atomic E-state index is 0.00592. The number of allylic oxidation sites excluding steroid dienone is 1. The zero-order valence-corrected chi connectivity index (χ0v) is 20.8. The highest BCUT2D eigenvalue weighted by atomic mass is 79.9. The number of nitrogens with one attached hydrogen (secondary N) is 1. The van der Waals surface area contributed by atoms with Crippen molar-refractivity contribution in [1.29, 1.82) is 0 Å². The molecule has 3 aromatic rings. The van der Waals surface area contributed by atoms with Gasteiger partial charge in [0.15, 0.2) is 6.23 Å². The lowest BCUT2D eigenvalue weighted by molar-refractivity contribution is -0.128. The van der Waals surface area contributed by atoms with Crippen LogP contribution in [0.2, 0.25) is 0 Å². The van der Waals surface area contributed by atoms with E-state index in [-0.39, 0.29) is 30.4 Å². The molecular formula is C27H23BrFN5O2. The van der Waals surface area contributed by atoms with Crippen LogP contribution >= 0.6 is 15.9 Å². The number of amides is 1. The summed E-state index contributed by atoms with van der Waals surface area (Å²) >= 11 is 3.46. The Morgan fingerprint density at radius 1 is 1.14 bits per heavy atom. The van der Waals surface area contributed by atoms with Gasteiger partial charge in [0.25, 0.3) is 5.91 Å². The molecule has 1 aliphatic carbocycles. The molecule has 7 nitrogen and oxygen atoms in total. The first kappa shape index (κ1) is 22.9. The van der Waals surface area contributed by atoms with Gasteiger partial charge in [0.1, 0.15) is 18.1 Å². The summed E-state index contributed by atoms with van der Waals surface area (Å²) in [6.45, 7) is 0.510. The Balaban J connectivity index is 1.31. The lowest BCUT2D eigenvalue weighted by atomic mass is 9.97. The minimum atomic E-state index is -0.587. The monoisotopic (exact) mass is 547 g/mol. The van der Waals surface area contributed by atoms with Gasteiger partial charge in [0, 0.05) is 28.3 Å². The van der Waals surface area contributed by atoms with Crippen LogP contribution in [0.1, 0.15) is 18.2 Å². The number of aromatic nitrogens is 2. The lowest BCUT2D eigenvalue weighted by Gasteiger charge is -2.24. The number of carbonyl (C=O) groups excluding carboxylic acids is 1. The molecule has 0 bridgehead atoms. The largest absolute Gasteiger partial charge is 0.368 e. The van der Waals surface area contributed by atoms with E-state index in [0.29, 0.717) is 18.7 Å². The third-order valence-corrected chi connectivity index (χ3v) is 7.14. The SMILES string of the molecule is O=C1COC(c2cn(-c3ccc(Br)cc3)nc2-c2ccc(F)cc2)N1CCC1=CC2NC=NC2C=C1. The molecule has 182 valence electrons. The van der Waals surface area contributed by atoms with Crippen molar-refractivity contribution in [2.75, 3.05) is 13.2 Å². The second kappa shape index (κ2) is 9.48. The molecular weight excluding hydrogens is 525 g/mol. The summed E-state index contributed by atoms with van der Waals surface area (Å²) in [7, 11) is 0. The summed E-state index contributed by atoms with van der Waals surface area (Å²) in [5, 5.41) is 8.06. The summed E-state index contributed by atoms with van der Waals surface area (Å²) in [6.07, 6.45) is 10.1. The van der Waals surface area contributed by atoms with E-state index in [1.165, 1.54) is 12.1 Å². The fourth-order valence-electron chi connectivity index (χ4n) is 4.73. The van der Waals surface area contributed by atoms with Gasteiger partial charge in [0.05, 0.1) is 24.1 Å². The molecule has 3 unspecified atom stereocenters. The Labute approximate surface area is 216 Å². The number of halogens is 2. The number of carbonyl (C=O) groups is 1. The summed E-state index contributed by atoms with van der Waals surface area (Å²) in [6, 6.07) is 14.3. The second-order valence-corrected chi connectivity index (χ2v) is 9.84. The zero-order chi connectivity index (χ0) is 24.6. The molecule has 1 amide bonds. The van der Waals surface area contributed by atoms with E-state index >= 15 is 0 Å². The van der Waals surface area contributed by atoms with Gasteiger partial charge >= 0.3 is 0 Å². The van der Waals surface area contributed by atoms with Gasteiger partial charge in [-0.3, -0.25) is 9.79 Å². The maximum atomic E-state index is 13.7. The Morgan fingerprint density at radius 3 is 2.75 bits per heavy atom. The number of hydrogen-bond donors (Lipinski definition) is 1. The molecule has 9 heteroatoms. The van der Waals surface area contributed by atoms with Gasteiger partial charge in [-0.05, 0) is 60.5 Å². The molecule has 0 radical (unpaired) electrons. The van der Waals surface area contributed by atoms with Gasteiger partial charge in [-0.2, -0.15) is 5.10 Å². The maximum Gasteiger partial charge on any atom is 0.250 e. The number of nitrogens with zero attached hydrogens (tertiary/aromatic N) is 4. The predicted molar refractivity (Wildman–Crippen MR) is 138 cm³/mol. The van der Waals surface area contributed by atoms with Crippen LogP contribution in [0.25, 0.3) is 16.9 Å². The van der Waals surface area contributed by atoms with E-state index in [0.717, 1.165) is 26.9 Å². The van der Waals surface area contributed by atoms with Crippen LogP contribution in [0.5, 0.6) is 0 Å². The standard InChI is InChI=1S/C27H23BrFN5O2/c28-19-4-8-21(9-5-19)34-14-22(26(32-34)18-2-6-20(29)7-3-18)27-33(25(35)15-36-27)12-11-17-1-10-23-24(13-17)31-16-30-23/h1-10,13-14,16,23-24,27H,11-12,15H2,(H,30,31).